The van der Waals surface area contributed by atoms with Crippen molar-refractivity contribution >= 4 is 11.9 Å². The fourth-order valence-corrected chi connectivity index (χ4v) is 3.57. The molecule has 1 aromatic rings. The Hall–Kier alpha value is -2.56. The van der Waals surface area contributed by atoms with Crippen LogP contribution in [0.2, 0.25) is 0 Å². The van der Waals surface area contributed by atoms with Crippen LogP contribution in [0.25, 0.3) is 6.08 Å². The molecule has 27 heavy (non-hydrogen) atoms. The Morgan fingerprint density at radius 3 is 2.59 bits per heavy atom. The van der Waals surface area contributed by atoms with Gasteiger partial charge < -0.3 is 24.7 Å². The molecule has 0 radical (unpaired) electrons. The Bertz CT molecular complexity index is 754. The summed E-state index contributed by atoms with van der Waals surface area (Å²) in [5.41, 5.74) is 5.16. The van der Waals surface area contributed by atoms with Crippen molar-refractivity contribution in [2.45, 2.75) is 32.6 Å². The lowest BCUT2D eigenvalue weighted by molar-refractivity contribution is 0.232. The van der Waals surface area contributed by atoms with E-state index in [9.17, 15) is 0 Å². The van der Waals surface area contributed by atoms with Crippen LogP contribution in [0.1, 0.15) is 36.6 Å². The molecule has 0 atom stereocenters. The van der Waals surface area contributed by atoms with E-state index in [4.69, 9.17) is 9.47 Å². The number of anilines is 1. The number of fused-ring (bicyclic) bond motifs is 1. The summed E-state index contributed by atoms with van der Waals surface area (Å²) < 4.78 is 12.9. The quantitative estimate of drug-likeness (QED) is 0.506. The zero-order valence-corrected chi connectivity index (χ0v) is 17.3. The van der Waals surface area contributed by atoms with E-state index in [2.05, 4.69) is 41.0 Å². The van der Waals surface area contributed by atoms with Crippen molar-refractivity contribution in [1.82, 2.24) is 9.88 Å². The summed E-state index contributed by atoms with van der Waals surface area (Å²) in [4.78, 5) is 0. The predicted octanol–water partition coefficient (Wildman–Crippen LogP) is 4.14. The fourth-order valence-electron chi connectivity index (χ4n) is 3.57. The molecule has 1 aliphatic rings. The topological polar surface area (TPSA) is 47.5 Å². The molecule has 0 aliphatic heterocycles. The number of aromatic nitrogens is 1. The highest BCUT2D eigenvalue weighted by atomic mass is 16.5. The average molecular weight is 372 g/mol. The summed E-state index contributed by atoms with van der Waals surface area (Å²) in [6.45, 7) is 6.44. The van der Waals surface area contributed by atoms with Gasteiger partial charge in [-0.05, 0) is 44.2 Å². The van der Waals surface area contributed by atoms with Crippen LogP contribution >= 0.6 is 0 Å². The van der Waals surface area contributed by atoms with Crippen LogP contribution in [-0.2, 0) is 29.4 Å². The van der Waals surface area contributed by atoms with Crippen molar-refractivity contribution in [3.8, 4) is 0 Å². The third-order valence-corrected chi connectivity index (χ3v) is 5.08. The molecule has 0 aromatic carbocycles. The van der Waals surface area contributed by atoms with E-state index in [-0.39, 0.29) is 0 Å². The molecule has 0 bridgehead atoms. The largest absolute Gasteiger partial charge is 0.498 e. The van der Waals surface area contributed by atoms with Crippen LogP contribution < -0.4 is 10.6 Å². The number of nitrogens with zero attached hydrogens (tertiary/aromatic N) is 1. The Labute approximate surface area is 163 Å². The third-order valence-electron chi connectivity index (χ3n) is 5.08. The van der Waals surface area contributed by atoms with Gasteiger partial charge in [-0.1, -0.05) is 18.7 Å². The number of allylic oxidation sites excluding steroid dienone is 3. The van der Waals surface area contributed by atoms with Crippen molar-refractivity contribution in [2.75, 3.05) is 33.1 Å². The second kappa shape index (κ2) is 9.95. The lowest BCUT2D eigenvalue weighted by atomic mass is 9.94. The van der Waals surface area contributed by atoms with Gasteiger partial charge in [-0.3, -0.25) is 0 Å². The zero-order valence-electron chi connectivity index (χ0n) is 17.3. The van der Waals surface area contributed by atoms with Crippen molar-refractivity contribution in [3.63, 3.8) is 0 Å². The highest BCUT2D eigenvalue weighted by Crippen LogP contribution is 2.33. The van der Waals surface area contributed by atoms with Gasteiger partial charge >= 0.3 is 0 Å². The van der Waals surface area contributed by atoms with Crippen LogP contribution in [0.5, 0.6) is 0 Å². The van der Waals surface area contributed by atoms with Gasteiger partial charge in [-0.25, -0.2) is 0 Å². The van der Waals surface area contributed by atoms with Crippen LogP contribution in [0, 0.1) is 0 Å². The van der Waals surface area contributed by atoms with Crippen LogP contribution in [0.3, 0.4) is 0 Å². The predicted molar refractivity (Wildman–Crippen MR) is 114 cm³/mol. The van der Waals surface area contributed by atoms with Gasteiger partial charge in [0.25, 0.3) is 0 Å². The molecule has 0 fully saturated rings. The Morgan fingerprint density at radius 2 is 1.96 bits per heavy atom. The zero-order chi connectivity index (χ0) is 19.8. The van der Waals surface area contributed by atoms with Gasteiger partial charge in [-0.2, -0.15) is 0 Å². The van der Waals surface area contributed by atoms with Gasteiger partial charge in [0, 0.05) is 43.7 Å². The van der Waals surface area contributed by atoms with Crippen molar-refractivity contribution in [3.05, 3.63) is 58.8 Å². The number of hydrogen-bond donors (Lipinski definition) is 2. The third kappa shape index (κ3) is 4.79. The molecule has 1 heterocycles. The molecule has 2 rings (SSSR count). The van der Waals surface area contributed by atoms with Gasteiger partial charge in [0.05, 0.1) is 14.2 Å². The molecule has 0 unspecified atom stereocenters. The van der Waals surface area contributed by atoms with E-state index in [1.165, 1.54) is 41.9 Å². The molecule has 1 aromatic heterocycles. The summed E-state index contributed by atoms with van der Waals surface area (Å²) >= 11 is 0. The second-order valence-corrected chi connectivity index (χ2v) is 6.62. The number of ether oxygens (including phenoxy) is 2. The minimum absolute atomic E-state index is 0.679. The maximum atomic E-state index is 5.37. The van der Waals surface area contributed by atoms with E-state index >= 15 is 0 Å². The van der Waals surface area contributed by atoms with Gasteiger partial charge in [-0.15, -0.1) is 0 Å². The van der Waals surface area contributed by atoms with Gasteiger partial charge in [0.2, 0.25) is 0 Å². The molecule has 0 spiro atoms. The summed E-state index contributed by atoms with van der Waals surface area (Å²) in [6.07, 6.45) is 12.9. The first-order valence-electron chi connectivity index (χ1n) is 9.48. The molecule has 0 saturated carbocycles. The number of methoxy groups -OCH3 is 2. The van der Waals surface area contributed by atoms with E-state index in [1.54, 1.807) is 20.3 Å². The van der Waals surface area contributed by atoms with Crippen LogP contribution in [0.15, 0.2) is 42.0 Å². The number of nitrogens with one attached hydrogen (secondary N) is 2. The Kier molecular flexibility index (Phi) is 7.65. The average Bonchev–Trinajstić information content (AvgIpc) is 2.98. The molecular formula is C22H33N3O2. The fraction of sp³-hybridized carbons (Fsp3) is 0.455. The van der Waals surface area contributed by atoms with Gasteiger partial charge in [0.15, 0.2) is 5.76 Å². The molecule has 5 nitrogen and oxygen atoms in total. The highest BCUT2D eigenvalue weighted by Gasteiger charge is 2.20. The molecule has 2 N–H and O–H groups in total. The summed E-state index contributed by atoms with van der Waals surface area (Å²) in [5.74, 6) is 2.60. The number of hydrogen-bond acceptors (Lipinski definition) is 4. The molecule has 5 heteroatoms. The molecular weight excluding hydrogens is 338 g/mol. The summed E-state index contributed by atoms with van der Waals surface area (Å²) in [7, 11) is 7.41. The summed E-state index contributed by atoms with van der Waals surface area (Å²) in [5, 5.41) is 6.73. The molecule has 0 amide bonds. The smallest absolute Gasteiger partial charge is 0.158 e. The van der Waals surface area contributed by atoms with Crippen molar-refractivity contribution < 1.29 is 9.47 Å². The molecule has 148 valence electrons. The van der Waals surface area contributed by atoms with Crippen LogP contribution in [-0.4, -0.2) is 32.4 Å². The lowest BCUT2D eigenvalue weighted by Crippen LogP contribution is -2.12. The lowest BCUT2D eigenvalue weighted by Gasteiger charge is -2.13. The van der Waals surface area contributed by atoms with E-state index in [0.717, 1.165) is 17.9 Å². The maximum Gasteiger partial charge on any atom is 0.158 e. The SMILES string of the molecule is C=C/C(=C\C(OC)=C(/C)OC)NC/C=C\c1c2c(n(C)c1NC)CCCC2. The monoisotopic (exact) mass is 371 g/mol. The maximum absolute atomic E-state index is 5.37. The first kappa shape index (κ1) is 20.7. The Balaban J connectivity index is 2.13. The van der Waals surface area contributed by atoms with E-state index in [1.807, 2.05) is 20.0 Å². The Morgan fingerprint density at radius 1 is 1.22 bits per heavy atom. The normalized spacial score (nSPS) is 15.2. The van der Waals surface area contributed by atoms with Crippen LogP contribution in [0.4, 0.5) is 5.82 Å². The van der Waals surface area contributed by atoms with Crippen molar-refractivity contribution in [1.29, 1.82) is 0 Å². The first-order chi connectivity index (χ1) is 13.1. The van der Waals surface area contributed by atoms with Gasteiger partial charge in [0.1, 0.15) is 11.6 Å². The minimum atomic E-state index is 0.679. The highest BCUT2D eigenvalue weighted by molar-refractivity contribution is 5.70. The van der Waals surface area contributed by atoms with E-state index < -0.39 is 0 Å². The number of rotatable bonds is 9. The minimum Gasteiger partial charge on any atom is -0.498 e. The van der Waals surface area contributed by atoms with Crippen molar-refractivity contribution in [2.24, 2.45) is 7.05 Å². The second-order valence-electron chi connectivity index (χ2n) is 6.62. The molecule has 1 aliphatic carbocycles. The standard InChI is InChI=1S/C22H33N3O2/c1-7-17(15-21(27-6)16(2)26-5)24-14-10-12-19-18-11-8-9-13-20(18)25(4)22(19)23-3/h7,10,12,15,23-24H,1,8-9,11,13-14H2,2-6H3/b12-10-,17-15+,21-16-. The summed E-state index contributed by atoms with van der Waals surface area (Å²) in [6, 6.07) is 0. The van der Waals surface area contributed by atoms with E-state index in [0.29, 0.717) is 12.3 Å². The first-order valence-corrected chi connectivity index (χ1v) is 9.48. The molecule has 0 saturated heterocycles.